The van der Waals surface area contributed by atoms with E-state index >= 15 is 0 Å². The van der Waals surface area contributed by atoms with Gasteiger partial charge in [0.05, 0.1) is 11.4 Å². The molecule has 1 aromatic carbocycles. The van der Waals surface area contributed by atoms with E-state index in [4.69, 9.17) is 0 Å². The van der Waals surface area contributed by atoms with E-state index in [1.807, 2.05) is 6.92 Å². The summed E-state index contributed by atoms with van der Waals surface area (Å²) < 4.78 is 40.3. The number of hydrogen-bond donors (Lipinski definition) is 2. The molecule has 7 heteroatoms. The Balaban J connectivity index is 2.39. The maximum atomic E-state index is 13.5. The summed E-state index contributed by atoms with van der Waals surface area (Å²) in [5.74, 6) is -0.634. The fourth-order valence-electron chi connectivity index (χ4n) is 1.67. The fourth-order valence-corrected chi connectivity index (χ4v) is 2.87. The lowest BCUT2D eigenvalue weighted by Crippen LogP contribution is -2.16. The van der Waals surface area contributed by atoms with Gasteiger partial charge in [-0.2, -0.15) is 0 Å². The van der Waals surface area contributed by atoms with Gasteiger partial charge in [0, 0.05) is 18.9 Å². The van der Waals surface area contributed by atoms with Gasteiger partial charge in [-0.1, -0.05) is 12.1 Å². The molecule has 106 valence electrons. The van der Waals surface area contributed by atoms with Gasteiger partial charge >= 0.3 is 0 Å². The average Bonchev–Trinajstić information content (AvgIpc) is 2.42. The predicted molar refractivity (Wildman–Crippen MR) is 75.6 cm³/mol. The second kappa shape index (κ2) is 5.87. The van der Waals surface area contributed by atoms with Crippen molar-refractivity contribution in [2.24, 2.45) is 0 Å². The van der Waals surface area contributed by atoms with Gasteiger partial charge in [-0.3, -0.25) is 9.71 Å². The largest absolute Gasteiger partial charge is 0.384 e. The zero-order chi connectivity index (χ0) is 14.6. The SMILES string of the molecule is CCNc1ccncc1S(=O)(=O)Nc1ccccc1F. The van der Waals surface area contributed by atoms with Crippen molar-refractivity contribution in [3.63, 3.8) is 0 Å². The topological polar surface area (TPSA) is 71.1 Å². The van der Waals surface area contributed by atoms with Gasteiger partial charge in [0.15, 0.2) is 0 Å². The lowest BCUT2D eigenvalue weighted by atomic mass is 10.3. The van der Waals surface area contributed by atoms with E-state index < -0.39 is 15.8 Å². The van der Waals surface area contributed by atoms with Crippen molar-refractivity contribution in [3.8, 4) is 0 Å². The maximum absolute atomic E-state index is 13.5. The number of para-hydroxylation sites is 1. The van der Waals surface area contributed by atoms with Gasteiger partial charge in [-0.15, -0.1) is 0 Å². The van der Waals surface area contributed by atoms with Gasteiger partial charge in [0.1, 0.15) is 10.7 Å². The van der Waals surface area contributed by atoms with Crippen LogP contribution < -0.4 is 10.0 Å². The second-order valence-corrected chi connectivity index (χ2v) is 5.64. The standard InChI is InChI=1S/C13H14FN3O2S/c1-2-16-12-7-8-15-9-13(12)20(18,19)17-11-6-4-3-5-10(11)14/h3-9,17H,2H2,1H3,(H,15,16). The zero-order valence-electron chi connectivity index (χ0n) is 10.8. The number of rotatable bonds is 5. The van der Waals surface area contributed by atoms with Crippen LogP contribution in [0.25, 0.3) is 0 Å². The summed E-state index contributed by atoms with van der Waals surface area (Å²) in [4.78, 5) is 3.78. The molecule has 2 rings (SSSR count). The molecule has 2 aromatic rings. The summed E-state index contributed by atoms with van der Waals surface area (Å²) >= 11 is 0. The molecule has 0 radical (unpaired) electrons. The Morgan fingerprint density at radius 1 is 1.20 bits per heavy atom. The third-order valence-corrected chi connectivity index (χ3v) is 3.95. The number of halogens is 1. The number of sulfonamides is 1. The van der Waals surface area contributed by atoms with Crippen molar-refractivity contribution >= 4 is 21.4 Å². The minimum Gasteiger partial charge on any atom is -0.384 e. The highest BCUT2D eigenvalue weighted by Crippen LogP contribution is 2.23. The van der Waals surface area contributed by atoms with Crippen LogP contribution in [-0.2, 0) is 10.0 Å². The highest BCUT2D eigenvalue weighted by molar-refractivity contribution is 7.92. The highest BCUT2D eigenvalue weighted by atomic mass is 32.2. The minimum absolute atomic E-state index is 0.0231. The summed E-state index contributed by atoms with van der Waals surface area (Å²) in [5, 5.41) is 2.93. The third kappa shape index (κ3) is 3.05. The van der Waals surface area contributed by atoms with Crippen LogP contribution >= 0.6 is 0 Å². The van der Waals surface area contributed by atoms with Crippen molar-refractivity contribution in [2.75, 3.05) is 16.6 Å². The molecule has 0 spiro atoms. The molecule has 0 amide bonds. The Morgan fingerprint density at radius 3 is 2.65 bits per heavy atom. The molecule has 20 heavy (non-hydrogen) atoms. The van der Waals surface area contributed by atoms with Crippen molar-refractivity contribution < 1.29 is 12.8 Å². The Labute approximate surface area is 116 Å². The normalized spacial score (nSPS) is 11.1. The van der Waals surface area contributed by atoms with Gasteiger partial charge in [0.25, 0.3) is 10.0 Å². The summed E-state index contributed by atoms with van der Waals surface area (Å²) in [6, 6.07) is 7.14. The number of anilines is 2. The zero-order valence-corrected chi connectivity index (χ0v) is 11.6. The summed E-state index contributed by atoms with van der Waals surface area (Å²) in [5.41, 5.74) is 0.324. The van der Waals surface area contributed by atoms with Crippen molar-refractivity contribution in [1.82, 2.24) is 4.98 Å². The molecule has 0 aliphatic heterocycles. The summed E-state index contributed by atoms with van der Waals surface area (Å²) in [6.07, 6.45) is 2.71. The molecule has 2 N–H and O–H groups in total. The minimum atomic E-state index is -3.90. The van der Waals surface area contributed by atoms with E-state index in [9.17, 15) is 12.8 Å². The Kier molecular flexibility index (Phi) is 4.19. The quantitative estimate of drug-likeness (QED) is 0.889. The first-order valence-corrected chi connectivity index (χ1v) is 7.48. The van der Waals surface area contributed by atoms with E-state index in [1.54, 1.807) is 12.1 Å². The molecular formula is C13H14FN3O2S. The first-order valence-electron chi connectivity index (χ1n) is 6.00. The second-order valence-electron chi connectivity index (χ2n) is 3.99. The summed E-state index contributed by atoms with van der Waals surface area (Å²) in [6.45, 7) is 2.41. The molecule has 0 atom stereocenters. The van der Waals surface area contributed by atoms with Crippen LogP contribution in [0.3, 0.4) is 0 Å². The molecule has 0 fully saturated rings. The molecular weight excluding hydrogens is 281 g/mol. The molecule has 5 nitrogen and oxygen atoms in total. The Morgan fingerprint density at radius 2 is 1.95 bits per heavy atom. The van der Waals surface area contributed by atoms with Crippen molar-refractivity contribution in [1.29, 1.82) is 0 Å². The van der Waals surface area contributed by atoms with Crippen molar-refractivity contribution in [3.05, 3.63) is 48.5 Å². The van der Waals surface area contributed by atoms with E-state index in [2.05, 4.69) is 15.0 Å². The number of hydrogen-bond acceptors (Lipinski definition) is 4. The van der Waals surface area contributed by atoms with E-state index in [0.29, 0.717) is 12.2 Å². The smallest absolute Gasteiger partial charge is 0.265 e. The molecule has 0 aliphatic rings. The fraction of sp³-hybridized carbons (Fsp3) is 0.154. The monoisotopic (exact) mass is 295 g/mol. The number of benzene rings is 1. The van der Waals surface area contributed by atoms with Crippen LogP contribution in [0.5, 0.6) is 0 Å². The molecule has 0 aliphatic carbocycles. The Bertz CT molecular complexity index is 704. The molecule has 1 heterocycles. The van der Waals surface area contributed by atoms with Crippen LogP contribution in [0, 0.1) is 5.82 Å². The Hall–Kier alpha value is -2.15. The lowest BCUT2D eigenvalue weighted by Gasteiger charge is -2.12. The highest BCUT2D eigenvalue weighted by Gasteiger charge is 2.20. The van der Waals surface area contributed by atoms with Crippen LogP contribution in [-0.4, -0.2) is 19.9 Å². The van der Waals surface area contributed by atoms with E-state index in [1.165, 1.54) is 30.6 Å². The van der Waals surface area contributed by atoms with Gasteiger partial charge in [-0.05, 0) is 25.1 Å². The third-order valence-electron chi connectivity index (χ3n) is 2.56. The lowest BCUT2D eigenvalue weighted by molar-refractivity contribution is 0.598. The van der Waals surface area contributed by atoms with E-state index in [0.717, 1.165) is 0 Å². The number of nitrogens with one attached hydrogen (secondary N) is 2. The predicted octanol–water partition coefficient (Wildman–Crippen LogP) is 2.45. The summed E-state index contributed by atoms with van der Waals surface area (Å²) in [7, 11) is -3.90. The molecule has 0 bridgehead atoms. The number of pyridine rings is 1. The van der Waals surface area contributed by atoms with Crippen LogP contribution in [0.1, 0.15) is 6.92 Å². The van der Waals surface area contributed by atoms with Gasteiger partial charge < -0.3 is 5.32 Å². The van der Waals surface area contributed by atoms with Crippen molar-refractivity contribution in [2.45, 2.75) is 11.8 Å². The molecule has 1 aromatic heterocycles. The molecule has 0 saturated heterocycles. The average molecular weight is 295 g/mol. The van der Waals surface area contributed by atoms with E-state index in [-0.39, 0.29) is 10.6 Å². The number of nitrogens with zero attached hydrogens (tertiary/aromatic N) is 1. The van der Waals surface area contributed by atoms with Gasteiger partial charge in [-0.25, -0.2) is 12.8 Å². The first kappa shape index (κ1) is 14.3. The molecule has 0 unspecified atom stereocenters. The van der Waals surface area contributed by atoms with Gasteiger partial charge in [0.2, 0.25) is 0 Å². The first-order chi connectivity index (χ1) is 9.54. The maximum Gasteiger partial charge on any atom is 0.265 e. The van der Waals surface area contributed by atoms with Crippen LogP contribution in [0.4, 0.5) is 15.8 Å². The number of aromatic nitrogens is 1. The van der Waals surface area contributed by atoms with Crippen LogP contribution in [0.15, 0.2) is 47.6 Å². The molecule has 0 saturated carbocycles. The van der Waals surface area contributed by atoms with Crippen LogP contribution in [0.2, 0.25) is 0 Å².